The van der Waals surface area contributed by atoms with Crippen molar-refractivity contribution in [2.75, 3.05) is 0 Å². The molecular formula is C20H14BClN2O2. The van der Waals surface area contributed by atoms with Crippen LogP contribution in [0.1, 0.15) is 34.1 Å². The molecule has 2 radical (unpaired) electrons. The zero-order chi connectivity index (χ0) is 18.1. The second kappa shape index (κ2) is 6.85. The second-order valence-electron chi connectivity index (χ2n) is 6.07. The number of carbonyl (C=O) groups is 1. The van der Waals surface area contributed by atoms with Crippen molar-refractivity contribution in [3.63, 3.8) is 0 Å². The van der Waals surface area contributed by atoms with Gasteiger partial charge in [0.15, 0.2) is 0 Å². The van der Waals surface area contributed by atoms with E-state index in [1.165, 1.54) is 5.01 Å². The SMILES string of the molecule is [B]c1ccc(C2CC(c3ccco3)=NN2C(=O)c2ccc(Cl)cc2)cc1. The molecule has 126 valence electrons. The summed E-state index contributed by atoms with van der Waals surface area (Å²) in [7, 11) is 5.79. The molecule has 1 amide bonds. The van der Waals surface area contributed by atoms with E-state index >= 15 is 0 Å². The number of benzene rings is 2. The number of carbonyl (C=O) groups excluding carboxylic acids is 1. The highest BCUT2D eigenvalue weighted by molar-refractivity contribution is 6.32. The van der Waals surface area contributed by atoms with Gasteiger partial charge in [-0.05, 0) is 42.0 Å². The predicted molar refractivity (Wildman–Crippen MR) is 102 cm³/mol. The van der Waals surface area contributed by atoms with Gasteiger partial charge in [0.1, 0.15) is 19.3 Å². The van der Waals surface area contributed by atoms with Gasteiger partial charge in [-0.25, -0.2) is 5.01 Å². The number of furan rings is 1. The lowest BCUT2D eigenvalue weighted by Crippen LogP contribution is -2.27. The van der Waals surface area contributed by atoms with Crippen LogP contribution in [0.2, 0.25) is 5.02 Å². The van der Waals surface area contributed by atoms with Crippen molar-refractivity contribution in [1.29, 1.82) is 0 Å². The number of rotatable bonds is 3. The van der Waals surface area contributed by atoms with Crippen molar-refractivity contribution in [2.45, 2.75) is 12.5 Å². The zero-order valence-electron chi connectivity index (χ0n) is 13.8. The summed E-state index contributed by atoms with van der Waals surface area (Å²) in [6, 6.07) is 17.7. The number of hydrogen-bond acceptors (Lipinski definition) is 3. The van der Waals surface area contributed by atoms with E-state index in [-0.39, 0.29) is 11.9 Å². The minimum absolute atomic E-state index is 0.190. The van der Waals surface area contributed by atoms with Crippen molar-refractivity contribution in [1.82, 2.24) is 5.01 Å². The fourth-order valence-corrected chi connectivity index (χ4v) is 3.12. The first kappa shape index (κ1) is 16.7. The molecule has 1 aliphatic heterocycles. The second-order valence-corrected chi connectivity index (χ2v) is 6.50. The van der Waals surface area contributed by atoms with E-state index in [9.17, 15) is 4.79 Å². The van der Waals surface area contributed by atoms with Crippen molar-refractivity contribution < 1.29 is 9.21 Å². The van der Waals surface area contributed by atoms with Gasteiger partial charge in [0.05, 0.1) is 12.3 Å². The molecule has 6 heteroatoms. The van der Waals surface area contributed by atoms with Crippen molar-refractivity contribution >= 4 is 36.5 Å². The highest BCUT2D eigenvalue weighted by atomic mass is 35.5. The molecule has 0 spiro atoms. The highest BCUT2D eigenvalue weighted by Gasteiger charge is 2.34. The average molecular weight is 361 g/mol. The van der Waals surface area contributed by atoms with Crippen LogP contribution in [0.5, 0.6) is 0 Å². The molecule has 3 aromatic rings. The fourth-order valence-electron chi connectivity index (χ4n) is 2.99. The van der Waals surface area contributed by atoms with Crippen LogP contribution in [0.25, 0.3) is 0 Å². The van der Waals surface area contributed by atoms with Gasteiger partial charge in [-0.1, -0.05) is 41.3 Å². The number of hydrogen-bond donors (Lipinski definition) is 0. The van der Waals surface area contributed by atoms with Gasteiger partial charge in [-0.3, -0.25) is 4.79 Å². The Bertz CT molecular complexity index is 950. The number of nitrogens with zero attached hydrogens (tertiary/aromatic N) is 2. The molecule has 1 aliphatic rings. The lowest BCUT2D eigenvalue weighted by molar-refractivity contribution is 0.0711. The maximum Gasteiger partial charge on any atom is 0.274 e. The smallest absolute Gasteiger partial charge is 0.274 e. The number of halogens is 1. The zero-order valence-corrected chi connectivity index (χ0v) is 14.6. The van der Waals surface area contributed by atoms with Crippen LogP contribution in [0.4, 0.5) is 0 Å². The molecule has 0 fully saturated rings. The molecular weight excluding hydrogens is 346 g/mol. The standard InChI is InChI=1S/C20H14BClN2O2/c21-15-7-3-13(4-8-15)18-12-17(19-2-1-11-26-19)23-24(18)20(25)14-5-9-16(22)10-6-14/h1-11,18H,12H2. The molecule has 1 atom stereocenters. The van der Waals surface area contributed by atoms with Gasteiger partial charge < -0.3 is 4.42 Å². The van der Waals surface area contributed by atoms with Crippen LogP contribution in [-0.2, 0) is 0 Å². The molecule has 0 bridgehead atoms. The van der Waals surface area contributed by atoms with Gasteiger partial charge >= 0.3 is 0 Å². The predicted octanol–water partition coefficient (Wildman–Crippen LogP) is 3.72. The van der Waals surface area contributed by atoms with Crippen LogP contribution >= 0.6 is 11.6 Å². The summed E-state index contributed by atoms with van der Waals surface area (Å²) in [6.45, 7) is 0. The van der Waals surface area contributed by atoms with Crippen LogP contribution < -0.4 is 5.46 Å². The molecule has 0 saturated heterocycles. The molecule has 4 nitrogen and oxygen atoms in total. The van der Waals surface area contributed by atoms with Gasteiger partial charge in [-0.15, -0.1) is 0 Å². The molecule has 26 heavy (non-hydrogen) atoms. The van der Waals surface area contributed by atoms with E-state index in [0.717, 1.165) is 11.3 Å². The van der Waals surface area contributed by atoms with Gasteiger partial charge in [0.2, 0.25) is 0 Å². The lowest BCUT2D eigenvalue weighted by atomic mass is 9.92. The molecule has 1 unspecified atom stereocenters. The Balaban J connectivity index is 1.71. The topological polar surface area (TPSA) is 45.8 Å². The van der Waals surface area contributed by atoms with Crippen molar-refractivity contribution in [3.05, 3.63) is 88.8 Å². The summed E-state index contributed by atoms with van der Waals surface area (Å²) < 4.78 is 5.46. The summed E-state index contributed by atoms with van der Waals surface area (Å²) >= 11 is 5.93. The molecule has 1 aromatic heterocycles. The van der Waals surface area contributed by atoms with E-state index in [0.29, 0.717) is 28.2 Å². The number of hydrazone groups is 1. The summed E-state index contributed by atoms with van der Waals surface area (Å²) in [5.74, 6) is 0.474. The third-order valence-electron chi connectivity index (χ3n) is 4.34. The van der Waals surface area contributed by atoms with Crippen LogP contribution in [-0.4, -0.2) is 24.5 Å². The van der Waals surface area contributed by atoms with Gasteiger partial charge in [0, 0.05) is 17.0 Å². The fraction of sp³-hybridized carbons (Fsp3) is 0.100. The molecule has 2 heterocycles. The van der Waals surface area contributed by atoms with Crippen LogP contribution in [0.15, 0.2) is 76.4 Å². The quantitative estimate of drug-likeness (QED) is 0.668. The Morgan fingerprint density at radius 1 is 1.12 bits per heavy atom. The first-order valence-electron chi connectivity index (χ1n) is 8.18. The van der Waals surface area contributed by atoms with E-state index in [4.69, 9.17) is 23.9 Å². The molecule has 4 rings (SSSR count). The van der Waals surface area contributed by atoms with E-state index in [1.54, 1.807) is 36.6 Å². The van der Waals surface area contributed by atoms with E-state index in [2.05, 4.69) is 5.10 Å². The lowest BCUT2D eigenvalue weighted by Gasteiger charge is -2.22. The number of amides is 1. The molecule has 0 N–H and O–H groups in total. The van der Waals surface area contributed by atoms with Crippen molar-refractivity contribution in [2.24, 2.45) is 5.10 Å². The van der Waals surface area contributed by atoms with Crippen LogP contribution in [0.3, 0.4) is 0 Å². The Morgan fingerprint density at radius 3 is 2.50 bits per heavy atom. The molecule has 0 saturated carbocycles. The Kier molecular flexibility index (Phi) is 4.39. The van der Waals surface area contributed by atoms with Crippen LogP contribution in [0, 0.1) is 0 Å². The summed E-state index contributed by atoms with van der Waals surface area (Å²) in [5.41, 5.74) is 2.90. The Hall–Kier alpha value is -2.79. The summed E-state index contributed by atoms with van der Waals surface area (Å²) in [4.78, 5) is 13.0. The first-order valence-corrected chi connectivity index (χ1v) is 8.55. The van der Waals surface area contributed by atoms with Gasteiger partial charge in [-0.2, -0.15) is 5.10 Å². The Labute approximate surface area is 157 Å². The minimum atomic E-state index is -0.223. The summed E-state index contributed by atoms with van der Waals surface area (Å²) in [5, 5.41) is 6.64. The third-order valence-corrected chi connectivity index (χ3v) is 4.59. The Morgan fingerprint density at radius 2 is 1.85 bits per heavy atom. The normalized spacial score (nSPS) is 16.6. The molecule has 0 aliphatic carbocycles. The maximum absolute atomic E-state index is 13.0. The van der Waals surface area contributed by atoms with Crippen molar-refractivity contribution in [3.8, 4) is 0 Å². The van der Waals surface area contributed by atoms with Gasteiger partial charge in [0.25, 0.3) is 5.91 Å². The maximum atomic E-state index is 13.0. The monoisotopic (exact) mass is 360 g/mol. The highest BCUT2D eigenvalue weighted by Crippen LogP contribution is 2.33. The minimum Gasteiger partial charge on any atom is -0.463 e. The average Bonchev–Trinajstić information content (AvgIpc) is 3.32. The third kappa shape index (κ3) is 3.18. The molecule has 2 aromatic carbocycles. The van der Waals surface area contributed by atoms with E-state index in [1.807, 2.05) is 30.3 Å². The summed E-state index contributed by atoms with van der Waals surface area (Å²) in [6.07, 6.45) is 2.16. The first-order chi connectivity index (χ1) is 12.6. The largest absolute Gasteiger partial charge is 0.463 e. The van der Waals surface area contributed by atoms with E-state index < -0.39 is 0 Å².